The average molecular weight is 334 g/mol. The van der Waals surface area contributed by atoms with Crippen molar-refractivity contribution in [1.82, 2.24) is 24.4 Å². The third kappa shape index (κ3) is 2.42. The lowest BCUT2D eigenvalue weighted by Gasteiger charge is -2.35. The minimum absolute atomic E-state index is 0.240. The number of nitrogens with zero attached hydrogens (tertiary/aromatic N) is 5. The number of pyridine rings is 1. The molecule has 6 nitrogen and oxygen atoms in total. The highest BCUT2D eigenvalue weighted by atomic mass is 15.2. The monoisotopic (exact) mass is 334 g/mol. The lowest BCUT2D eigenvalue weighted by molar-refractivity contribution is 0.165. The first-order valence-electron chi connectivity index (χ1n) is 9.26. The number of hydrogen-bond donors (Lipinski definition) is 1. The number of H-pyrrole nitrogens is 1. The fourth-order valence-corrected chi connectivity index (χ4v) is 4.73. The smallest absolute Gasteiger partial charge is 0.139 e. The van der Waals surface area contributed by atoms with Crippen LogP contribution in [-0.4, -0.2) is 43.6 Å². The molecule has 3 aromatic heterocycles. The van der Waals surface area contributed by atoms with E-state index in [1.54, 1.807) is 0 Å². The van der Waals surface area contributed by atoms with Crippen LogP contribution in [0.2, 0.25) is 0 Å². The maximum Gasteiger partial charge on any atom is 0.139 e. The molecular formula is C19H22N6. The van der Waals surface area contributed by atoms with Crippen LogP contribution in [0.3, 0.4) is 0 Å². The Bertz CT molecular complexity index is 940. The van der Waals surface area contributed by atoms with Gasteiger partial charge in [0.25, 0.3) is 0 Å². The lowest BCUT2D eigenvalue weighted by atomic mass is 9.90. The van der Waals surface area contributed by atoms with Gasteiger partial charge in [0.05, 0.1) is 30.0 Å². The van der Waals surface area contributed by atoms with Gasteiger partial charge in [0.1, 0.15) is 11.2 Å². The van der Waals surface area contributed by atoms with Crippen molar-refractivity contribution in [3.8, 4) is 6.07 Å². The molecule has 25 heavy (non-hydrogen) atoms. The Morgan fingerprint density at radius 1 is 1.12 bits per heavy atom. The van der Waals surface area contributed by atoms with Crippen LogP contribution in [0, 0.1) is 17.2 Å². The molecule has 2 aliphatic rings. The molecule has 3 aromatic rings. The number of fused-ring (bicyclic) bond motifs is 3. The molecule has 0 bridgehead atoms. The fourth-order valence-electron chi connectivity index (χ4n) is 4.73. The standard InChI is InChI=1S/C19H22N6/c20-9-13-6-8-24(11-13)14-1-3-15(4-2-14)25-12-23-17-10-22-19-16(18(17)25)5-7-21-19/h5,7,10,12-15H,1-4,6,8,11H2,(H,21,22)/t13-,14-,15-/m0/s1. The van der Waals surface area contributed by atoms with Gasteiger partial charge in [-0.1, -0.05) is 0 Å². The molecule has 0 spiro atoms. The Labute approximate surface area is 146 Å². The molecule has 1 atom stereocenters. The topological polar surface area (TPSA) is 73.5 Å². The Morgan fingerprint density at radius 2 is 1.96 bits per heavy atom. The summed E-state index contributed by atoms with van der Waals surface area (Å²) in [7, 11) is 0. The first-order chi connectivity index (χ1) is 12.3. The van der Waals surface area contributed by atoms with Crippen LogP contribution in [0.1, 0.15) is 38.1 Å². The Balaban J connectivity index is 1.37. The number of likely N-dealkylation sites (tertiary alicyclic amines) is 1. The van der Waals surface area contributed by atoms with Crippen LogP contribution >= 0.6 is 0 Å². The molecule has 4 heterocycles. The number of nitrogens with one attached hydrogen (secondary N) is 1. The van der Waals surface area contributed by atoms with Crippen molar-refractivity contribution in [1.29, 1.82) is 5.26 Å². The number of aromatic amines is 1. The van der Waals surface area contributed by atoms with Crippen molar-refractivity contribution in [2.24, 2.45) is 5.92 Å². The summed E-state index contributed by atoms with van der Waals surface area (Å²) in [5.41, 5.74) is 3.12. The maximum absolute atomic E-state index is 9.12. The quantitative estimate of drug-likeness (QED) is 0.781. The molecule has 1 N–H and O–H groups in total. The second-order valence-electron chi connectivity index (χ2n) is 7.46. The molecule has 2 fully saturated rings. The predicted molar refractivity (Wildman–Crippen MR) is 96.0 cm³/mol. The summed E-state index contributed by atoms with van der Waals surface area (Å²) in [4.78, 5) is 14.8. The highest BCUT2D eigenvalue weighted by molar-refractivity contribution is 6.00. The normalized spacial score (nSPS) is 27.9. The van der Waals surface area contributed by atoms with Crippen LogP contribution in [0.5, 0.6) is 0 Å². The van der Waals surface area contributed by atoms with Crippen molar-refractivity contribution in [2.75, 3.05) is 13.1 Å². The van der Waals surface area contributed by atoms with Crippen molar-refractivity contribution in [2.45, 2.75) is 44.2 Å². The Kier molecular flexibility index (Phi) is 3.49. The molecule has 1 saturated carbocycles. The van der Waals surface area contributed by atoms with E-state index in [0.717, 1.165) is 36.1 Å². The first kappa shape index (κ1) is 14.9. The summed E-state index contributed by atoms with van der Waals surface area (Å²) in [6, 6.07) is 5.70. The van der Waals surface area contributed by atoms with Crippen molar-refractivity contribution in [3.63, 3.8) is 0 Å². The van der Waals surface area contributed by atoms with E-state index in [1.807, 2.05) is 18.7 Å². The molecule has 0 amide bonds. The van der Waals surface area contributed by atoms with Gasteiger partial charge in [-0.05, 0) is 44.7 Å². The fraction of sp³-hybridized carbons (Fsp3) is 0.526. The molecule has 1 aliphatic heterocycles. The number of hydrogen-bond acceptors (Lipinski definition) is 4. The molecule has 0 unspecified atom stereocenters. The zero-order chi connectivity index (χ0) is 16.8. The Morgan fingerprint density at radius 3 is 2.76 bits per heavy atom. The third-order valence-electron chi connectivity index (χ3n) is 6.10. The van der Waals surface area contributed by atoms with Crippen molar-refractivity contribution in [3.05, 3.63) is 24.8 Å². The molecule has 1 aliphatic carbocycles. The van der Waals surface area contributed by atoms with Gasteiger partial charge < -0.3 is 9.55 Å². The van der Waals surface area contributed by atoms with Gasteiger partial charge in [-0.3, -0.25) is 4.90 Å². The van der Waals surface area contributed by atoms with Gasteiger partial charge in [-0.2, -0.15) is 5.26 Å². The molecular weight excluding hydrogens is 312 g/mol. The highest BCUT2D eigenvalue weighted by Crippen LogP contribution is 2.36. The zero-order valence-electron chi connectivity index (χ0n) is 14.2. The van der Waals surface area contributed by atoms with E-state index in [-0.39, 0.29) is 5.92 Å². The summed E-state index contributed by atoms with van der Waals surface area (Å²) in [6.45, 7) is 2.06. The summed E-state index contributed by atoms with van der Waals surface area (Å²) in [5, 5.41) is 10.3. The van der Waals surface area contributed by atoms with E-state index < -0.39 is 0 Å². The van der Waals surface area contributed by atoms with Gasteiger partial charge >= 0.3 is 0 Å². The van der Waals surface area contributed by atoms with Crippen molar-refractivity contribution >= 4 is 22.1 Å². The van der Waals surface area contributed by atoms with E-state index in [4.69, 9.17) is 5.26 Å². The summed E-state index contributed by atoms with van der Waals surface area (Å²) >= 11 is 0. The molecule has 6 heteroatoms. The number of rotatable bonds is 2. The SMILES string of the molecule is N#C[C@@H]1CCN([C@H]2CC[C@H](n3cnc4cnc5[nH]ccc5c43)CC2)C1. The van der Waals surface area contributed by atoms with E-state index in [9.17, 15) is 0 Å². The van der Waals surface area contributed by atoms with E-state index in [2.05, 4.69) is 36.6 Å². The van der Waals surface area contributed by atoms with Crippen LogP contribution in [0.15, 0.2) is 24.8 Å². The van der Waals surface area contributed by atoms with Gasteiger partial charge in [0.15, 0.2) is 0 Å². The summed E-state index contributed by atoms with van der Waals surface area (Å²) in [6.07, 6.45) is 11.6. The third-order valence-corrected chi connectivity index (χ3v) is 6.10. The molecule has 5 rings (SSSR count). The minimum atomic E-state index is 0.240. The van der Waals surface area contributed by atoms with Gasteiger partial charge in [-0.15, -0.1) is 0 Å². The molecule has 1 saturated heterocycles. The maximum atomic E-state index is 9.12. The van der Waals surface area contributed by atoms with E-state index >= 15 is 0 Å². The van der Waals surface area contributed by atoms with Gasteiger partial charge in [0, 0.05) is 30.2 Å². The first-order valence-corrected chi connectivity index (χ1v) is 9.26. The number of imidazole rings is 1. The van der Waals surface area contributed by atoms with Crippen LogP contribution in [0.25, 0.3) is 22.1 Å². The number of aromatic nitrogens is 4. The van der Waals surface area contributed by atoms with Crippen LogP contribution in [0.4, 0.5) is 0 Å². The zero-order valence-corrected chi connectivity index (χ0v) is 14.2. The summed E-state index contributed by atoms with van der Waals surface area (Å²) < 4.78 is 2.37. The average Bonchev–Trinajstić information content (AvgIpc) is 3.39. The van der Waals surface area contributed by atoms with Crippen molar-refractivity contribution < 1.29 is 0 Å². The minimum Gasteiger partial charge on any atom is -0.346 e. The molecule has 128 valence electrons. The summed E-state index contributed by atoms with van der Waals surface area (Å²) in [5.74, 6) is 0.240. The predicted octanol–water partition coefficient (Wildman–Crippen LogP) is 3.24. The molecule has 0 radical (unpaired) electrons. The number of nitriles is 1. The van der Waals surface area contributed by atoms with E-state index in [1.165, 1.54) is 31.2 Å². The van der Waals surface area contributed by atoms with Crippen LogP contribution < -0.4 is 0 Å². The Hall–Kier alpha value is -2.39. The van der Waals surface area contributed by atoms with E-state index in [0.29, 0.717) is 12.1 Å². The lowest BCUT2D eigenvalue weighted by Crippen LogP contribution is -2.36. The van der Waals surface area contributed by atoms with Crippen LogP contribution in [-0.2, 0) is 0 Å². The van der Waals surface area contributed by atoms with Gasteiger partial charge in [0.2, 0.25) is 0 Å². The second-order valence-corrected chi connectivity index (χ2v) is 7.46. The second kappa shape index (κ2) is 5.85. The van der Waals surface area contributed by atoms with Gasteiger partial charge in [-0.25, -0.2) is 9.97 Å². The highest BCUT2D eigenvalue weighted by Gasteiger charge is 2.32. The largest absolute Gasteiger partial charge is 0.346 e. The molecule has 0 aromatic carbocycles.